The van der Waals surface area contributed by atoms with Gasteiger partial charge in [-0.2, -0.15) is 5.26 Å². The molecular formula is C10H8N2O3. The Kier molecular flexibility index (Phi) is 3.13. The van der Waals surface area contributed by atoms with Crippen molar-refractivity contribution >= 4 is 12.0 Å². The van der Waals surface area contributed by atoms with Gasteiger partial charge in [0.2, 0.25) is 0 Å². The number of nitrogens with zero attached hydrogens (tertiary/aromatic N) is 2. The van der Waals surface area contributed by atoms with Crippen LogP contribution in [0.15, 0.2) is 18.2 Å². The SMILES string of the molecule is CC(C=O)c1ccc([N+](=O)[O-])c(C#N)c1. The number of aldehydes is 1. The van der Waals surface area contributed by atoms with Crippen molar-refractivity contribution < 1.29 is 9.72 Å². The minimum atomic E-state index is -0.617. The predicted octanol–water partition coefficient (Wildman–Crippen LogP) is 1.77. The zero-order valence-electron chi connectivity index (χ0n) is 8.01. The second-order valence-electron chi connectivity index (χ2n) is 3.07. The van der Waals surface area contributed by atoms with Crippen molar-refractivity contribution in [1.82, 2.24) is 0 Å². The molecule has 1 aromatic rings. The molecule has 1 atom stereocenters. The van der Waals surface area contributed by atoms with Crippen molar-refractivity contribution in [2.45, 2.75) is 12.8 Å². The molecule has 0 spiro atoms. The second-order valence-corrected chi connectivity index (χ2v) is 3.07. The number of hydrogen-bond donors (Lipinski definition) is 0. The molecule has 0 aromatic heterocycles. The standard InChI is InChI=1S/C10H8N2O3/c1-7(6-13)8-2-3-10(12(14)15)9(4-8)5-11/h2-4,6-7H,1H3. The van der Waals surface area contributed by atoms with E-state index in [4.69, 9.17) is 5.26 Å². The van der Waals surface area contributed by atoms with Crippen LogP contribution >= 0.6 is 0 Å². The summed E-state index contributed by atoms with van der Waals surface area (Å²) in [5.74, 6) is -0.363. The molecule has 0 aliphatic carbocycles. The lowest BCUT2D eigenvalue weighted by molar-refractivity contribution is -0.385. The zero-order chi connectivity index (χ0) is 11.4. The summed E-state index contributed by atoms with van der Waals surface area (Å²) in [6, 6.07) is 5.84. The van der Waals surface area contributed by atoms with Crippen LogP contribution < -0.4 is 0 Å². The fourth-order valence-corrected chi connectivity index (χ4v) is 1.16. The van der Waals surface area contributed by atoms with Crippen LogP contribution in [0.1, 0.15) is 24.0 Å². The van der Waals surface area contributed by atoms with Gasteiger partial charge in [0.1, 0.15) is 17.9 Å². The number of carbonyl (C=O) groups excluding carboxylic acids is 1. The van der Waals surface area contributed by atoms with E-state index in [2.05, 4.69) is 0 Å². The highest BCUT2D eigenvalue weighted by Crippen LogP contribution is 2.22. The van der Waals surface area contributed by atoms with Crippen LogP contribution in [0.2, 0.25) is 0 Å². The van der Waals surface area contributed by atoms with E-state index >= 15 is 0 Å². The Bertz CT molecular complexity index is 448. The summed E-state index contributed by atoms with van der Waals surface area (Å²) in [5, 5.41) is 19.2. The monoisotopic (exact) mass is 204 g/mol. The number of benzene rings is 1. The Morgan fingerprint density at radius 3 is 2.73 bits per heavy atom. The first-order valence-electron chi connectivity index (χ1n) is 4.24. The van der Waals surface area contributed by atoms with Crippen molar-refractivity contribution in [2.24, 2.45) is 0 Å². The lowest BCUT2D eigenvalue weighted by atomic mass is 10.00. The fraction of sp³-hybridized carbons (Fsp3) is 0.200. The Balaban J connectivity index is 3.26. The van der Waals surface area contributed by atoms with Crippen molar-refractivity contribution in [3.63, 3.8) is 0 Å². The van der Waals surface area contributed by atoms with Crippen molar-refractivity contribution in [1.29, 1.82) is 5.26 Å². The summed E-state index contributed by atoms with van der Waals surface area (Å²) < 4.78 is 0. The first kappa shape index (κ1) is 10.9. The molecule has 0 aliphatic rings. The minimum absolute atomic E-state index is 0.0220. The van der Waals surface area contributed by atoms with Gasteiger partial charge in [-0.25, -0.2) is 0 Å². The number of hydrogen-bond acceptors (Lipinski definition) is 4. The van der Waals surface area contributed by atoms with Crippen LogP contribution in [-0.4, -0.2) is 11.2 Å². The minimum Gasteiger partial charge on any atom is -0.303 e. The van der Waals surface area contributed by atoms with Gasteiger partial charge >= 0.3 is 0 Å². The second kappa shape index (κ2) is 4.33. The molecule has 1 aromatic carbocycles. The van der Waals surface area contributed by atoms with Crippen LogP contribution in [-0.2, 0) is 4.79 Å². The average molecular weight is 204 g/mol. The molecule has 0 amide bonds. The lowest BCUT2D eigenvalue weighted by Gasteiger charge is -2.03. The normalized spacial score (nSPS) is 11.5. The van der Waals surface area contributed by atoms with Gasteiger partial charge in [-0.1, -0.05) is 13.0 Å². The largest absolute Gasteiger partial charge is 0.303 e. The van der Waals surface area contributed by atoms with Crippen molar-refractivity contribution in [3.8, 4) is 6.07 Å². The molecule has 0 aliphatic heterocycles. The Hall–Kier alpha value is -2.22. The molecule has 0 fully saturated rings. The topological polar surface area (TPSA) is 84.0 Å². The third-order valence-corrected chi connectivity index (χ3v) is 2.07. The third-order valence-electron chi connectivity index (χ3n) is 2.07. The van der Waals surface area contributed by atoms with Crippen molar-refractivity contribution in [2.75, 3.05) is 0 Å². The number of nitriles is 1. The summed E-state index contributed by atoms with van der Waals surface area (Å²) in [5.41, 5.74) is 0.345. The van der Waals surface area contributed by atoms with Crippen LogP contribution in [0.4, 0.5) is 5.69 Å². The maximum atomic E-state index is 10.5. The fourth-order valence-electron chi connectivity index (χ4n) is 1.16. The first-order chi connectivity index (χ1) is 7.10. The summed E-state index contributed by atoms with van der Waals surface area (Å²) in [4.78, 5) is 20.4. The summed E-state index contributed by atoms with van der Waals surface area (Å²) in [7, 11) is 0. The highest BCUT2D eigenvalue weighted by Gasteiger charge is 2.15. The molecule has 0 heterocycles. The van der Waals surface area contributed by atoms with Gasteiger partial charge in [0, 0.05) is 12.0 Å². The molecule has 0 N–H and O–H groups in total. The van der Waals surface area contributed by atoms with Gasteiger partial charge in [0.05, 0.1) is 4.92 Å². The predicted molar refractivity (Wildman–Crippen MR) is 52.3 cm³/mol. The molecule has 5 nitrogen and oxygen atoms in total. The molecule has 0 bridgehead atoms. The Labute approximate surface area is 86.1 Å². The maximum absolute atomic E-state index is 10.5. The molecule has 0 saturated carbocycles. The van der Waals surface area contributed by atoms with E-state index < -0.39 is 4.92 Å². The molecule has 0 saturated heterocycles. The van der Waals surface area contributed by atoms with Gasteiger partial charge < -0.3 is 4.79 Å². The number of nitro groups is 1. The van der Waals surface area contributed by atoms with E-state index in [9.17, 15) is 14.9 Å². The van der Waals surface area contributed by atoms with E-state index in [1.807, 2.05) is 0 Å². The Morgan fingerprint density at radius 2 is 2.27 bits per heavy atom. The molecular weight excluding hydrogens is 196 g/mol. The molecule has 0 radical (unpaired) electrons. The number of carbonyl (C=O) groups is 1. The molecule has 1 rings (SSSR count). The van der Waals surface area contributed by atoms with Gasteiger partial charge in [-0.3, -0.25) is 10.1 Å². The van der Waals surface area contributed by atoms with E-state index in [-0.39, 0.29) is 17.2 Å². The highest BCUT2D eigenvalue weighted by molar-refractivity contribution is 5.63. The number of nitro benzene ring substituents is 1. The summed E-state index contributed by atoms with van der Waals surface area (Å²) >= 11 is 0. The van der Waals surface area contributed by atoms with Gasteiger partial charge in [0.15, 0.2) is 0 Å². The molecule has 1 unspecified atom stereocenters. The average Bonchev–Trinajstić information content (AvgIpc) is 2.26. The quantitative estimate of drug-likeness (QED) is 0.426. The molecule has 5 heteroatoms. The Morgan fingerprint density at radius 1 is 1.60 bits per heavy atom. The highest BCUT2D eigenvalue weighted by atomic mass is 16.6. The molecule has 76 valence electrons. The lowest BCUT2D eigenvalue weighted by Crippen LogP contribution is -1.98. The zero-order valence-corrected chi connectivity index (χ0v) is 8.01. The van der Waals surface area contributed by atoms with Crippen LogP contribution in [0, 0.1) is 21.4 Å². The van der Waals surface area contributed by atoms with E-state index in [0.29, 0.717) is 5.56 Å². The van der Waals surface area contributed by atoms with Gasteiger partial charge in [-0.15, -0.1) is 0 Å². The first-order valence-corrected chi connectivity index (χ1v) is 4.24. The number of rotatable bonds is 3. The van der Waals surface area contributed by atoms with Crippen LogP contribution in [0.25, 0.3) is 0 Å². The smallest absolute Gasteiger partial charge is 0.287 e. The van der Waals surface area contributed by atoms with Crippen LogP contribution in [0.3, 0.4) is 0 Å². The maximum Gasteiger partial charge on any atom is 0.287 e. The van der Waals surface area contributed by atoms with Crippen LogP contribution in [0.5, 0.6) is 0 Å². The third kappa shape index (κ3) is 2.17. The van der Waals surface area contributed by atoms with E-state index in [0.717, 1.165) is 6.29 Å². The van der Waals surface area contributed by atoms with Crippen molar-refractivity contribution in [3.05, 3.63) is 39.4 Å². The summed E-state index contributed by atoms with van der Waals surface area (Å²) in [6.07, 6.45) is 0.725. The van der Waals surface area contributed by atoms with Gasteiger partial charge in [0.25, 0.3) is 5.69 Å². The van der Waals surface area contributed by atoms with E-state index in [1.54, 1.807) is 13.0 Å². The molecule has 15 heavy (non-hydrogen) atoms. The summed E-state index contributed by atoms with van der Waals surface area (Å²) in [6.45, 7) is 1.66. The van der Waals surface area contributed by atoms with Gasteiger partial charge in [-0.05, 0) is 11.6 Å². The van der Waals surface area contributed by atoms with E-state index in [1.165, 1.54) is 18.2 Å².